The van der Waals surface area contributed by atoms with Gasteiger partial charge in [0.25, 0.3) is 0 Å². The quantitative estimate of drug-likeness (QED) is 0.847. The molecule has 1 N–H and O–H groups in total. The zero-order valence-electron chi connectivity index (χ0n) is 8.47. The van der Waals surface area contributed by atoms with Gasteiger partial charge in [0.1, 0.15) is 0 Å². The summed E-state index contributed by atoms with van der Waals surface area (Å²) in [5.74, 6) is 0.0411. The molecule has 0 aliphatic rings. The predicted octanol–water partition coefficient (Wildman–Crippen LogP) is 3.30. The summed E-state index contributed by atoms with van der Waals surface area (Å²) in [6.07, 6.45) is 0.491. The lowest BCUT2D eigenvalue weighted by atomic mass is 10.1. The van der Waals surface area contributed by atoms with Gasteiger partial charge in [0.2, 0.25) is 5.91 Å². The highest BCUT2D eigenvalue weighted by Crippen LogP contribution is 2.17. The van der Waals surface area contributed by atoms with E-state index in [4.69, 9.17) is 11.6 Å². The molecule has 1 aromatic rings. The Morgan fingerprint density at radius 3 is 2.93 bits per heavy atom. The van der Waals surface area contributed by atoms with E-state index in [0.717, 1.165) is 5.56 Å². The number of amides is 1. The summed E-state index contributed by atoms with van der Waals surface area (Å²) in [6.45, 7) is 1.94. The summed E-state index contributed by atoms with van der Waals surface area (Å²) in [5, 5.41) is 4.27. The molecule has 4 heteroatoms. The van der Waals surface area contributed by atoms with Crippen LogP contribution in [-0.4, -0.2) is 11.2 Å². The van der Waals surface area contributed by atoms with E-state index in [1.54, 1.807) is 0 Å². The van der Waals surface area contributed by atoms with Gasteiger partial charge >= 0.3 is 0 Å². The van der Waals surface area contributed by atoms with Gasteiger partial charge in [-0.05, 0) is 24.6 Å². The van der Waals surface area contributed by atoms with E-state index < -0.39 is 0 Å². The SMILES string of the molecule is CC(NC(=O)CCBr)c1cccc(Cl)c1. The van der Waals surface area contributed by atoms with Crippen LogP contribution in [0.1, 0.15) is 24.9 Å². The van der Waals surface area contributed by atoms with Crippen LogP contribution in [0.4, 0.5) is 0 Å². The van der Waals surface area contributed by atoms with Crippen molar-refractivity contribution in [2.24, 2.45) is 0 Å². The molecular weight excluding hydrogens is 277 g/mol. The van der Waals surface area contributed by atoms with E-state index in [0.29, 0.717) is 16.8 Å². The minimum Gasteiger partial charge on any atom is -0.350 e. The van der Waals surface area contributed by atoms with E-state index in [1.807, 2.05) is 31.2 Å². The molecule has 0 fully saturated rings. The molecule has 0 aliphatic carbocycles. The molecule has 15 heavy (non-hydrogen) atoms. The first-order chi connectivity index (χ1) is 7.13. The smallest absolute Gasteiger partial charge is 0.221 e. The maximum atomic E-state index is 11.3. The number of benzene rings is 1. The number of alkyl halides is 1. The van der Waals surface area contributed by atoms with Gasteiger partial charge in [-0.2, -0.15) is 0 Å². The Hall–Kier alpha value is -0.540. The van der Waals surface area contributed by atoms with Crippen LogP contribution in [0.3, 0.4) is 0 Å². The second kappa shape index (κ2) is 6.13. The maximum absolute atomic E-state index is 11.3. The van der Waals surface area contributed by atoms with E-state index in [1.165, 1.54) is 0 Å². The molecule has 1 unspecified atom stereocenters. The van der Waals surface area contributed by atoms with Crippen molar-refractivity contribution in [1.29, 1.82) is 0 Å². The third kappa shape index (κ3) is 4.22. The van der Waals surface area contributed by atoms with Gasteiger partial charge in [0, 0.05) is 16.8 Å². The molecule has 1 atom stereocenters. The summed E-state index contributed by atoms with van der Waals surface area (Å²) >= 11 is 9.09. The van der Waals surface area contributed by atoms with Crippen LogP contribution in [0, 0.1) is 0 Å². The number of hydrogen-bond acceptors (Lipinski definition) is 1. The fourth-order valence-electron chi connectivity index (χ4n) is 1.26. The molecule has 0 radical (unpaired) electrons. The van der Waals surface area contributed by atoms with Gasteiger partial charge in [0.15, 0.2) is 0 Å². The van der Waals surface area contributed by atoms with E-state index in [9.17, 15) is 4.79 Å². The van der Waals surface area contributed by atoms with Crippen LogP contribution in [0.25, 0.3) is 0 Å². The summed E-state index contributed by atoms with van der Waals surface area (Å²) in [5.41, 5.74) is 1.02. The molecule has 1 rings (SSSR count). The normalized spacial score (nSPS) is 12.2. The molecular formula is C11H13BrClNO. The molecule has 1 amide bonds. The van der Waals surface area contributed by atoms with Gasteiger partial charge in [-0.3, -0.25) is 4.79 Å². The van der Waals surface area contributed by atoms with E-state index in [2.05, 4.69) is 21.2 Å². The summed E-state index contributed by atoms with van der Waals surface area (Å²) < 4.78 is 0. The molecule has 2 nitrogen and oxygen atoms in total. The van der Waals surface area contributed by atoms with Crippen LogP contribution in [-0.2, 0) is 4.79 Å². The predicted molar refractivity (Wildman–Crippen MR) is 66.4 cm³/mol. The Morgan fingerprint density at radius 1 is 1.60 bits per heavy atom. The highest BCUT2D eigenvalue weighted by atomic mass is 79.9. The lowest BCUT2D eigenvalue weighted by Gasteiger charge is -2.14. The Morgan fingerprint density at radius 2 is 2.33 bits per heavy atom. The number of halogens is 2. The molecule has 0 saturated heterocycles. The summed E-state index contributed by atoms with van der Waals surface area (Å²) in [4.78, 5) is 11.3. The van der Waals surface area contributed by atoms with Crippen molar-refractivity contribution in [2.75, 3.05) is 5.33 Å². The first-order valence-corrected chi connectivity index (χ1v) is 6.24. The van der Waals surface area contributed by atoms with Crippen molar-refractivity contribution in [3.63, 3.8) is 0 Å². The highest BCUT2D eigenvalue weighted by Gasteiger charge is 2.08. The second-order valence-corrected chi connectivity index (χ2v) is 4.51. The molecule has 0 bridgehead atoms. The fraction of sp³-hybridized carbons (Fsp3) is 0.364. The van der Waals surface area contributed by atoms with E-state index in [-0.39, 0.29) is 11.9 Å². The van der Waals surface area contributed by atoms with Crippen LogP contribution in [0.2, 0.25) is 5.02 Å². The molecule has 0 aromatic heterocycles. The molecule has 0 heterocycles. The van der Waals surface area contributed by atoms with Gasteiger partial charge < -0.3 is 5.32 Å². The monoisotopic (exact) mass is 289 g/mol. The number of carbonyl (C=O) groups is 1. The standard InChI is InChI=1S/C11H13BrClNO/c1-8(14-11(15)5-6-12)9-3-2-4-10(13)7-9/h2-4,7-8H,5-6H2,1H3,(H,14,15). The van der Waals surface area contributed by atoms with Crippen LogP contribution >= 0.6 is 27.5 Å². The minimum atomic E-state index is -0.00440. The maximum Gasteiger partial charge on any atom is 0.221 e. The molecule has 0 aliphatic heterocycles. The molecule has 1 aromatic carbocycles. The van der Waals surface area contributed by atoms with Crippen molar-refractivity contribution in [2.45, 2.75) is 19.4 Å². The Balaban J connectivity index is 2.60. The van der Waals surface area contributed by atoms with Crippen LogP contribution < -0.4 is 5.32 Å². The van der Waals surface area contributed by atoms with Crippen molar-refractivity contribution in [3.8, 4) is 0 Å². The summed E-state index contributed by atoms with van der Waals surface area (Å²) in [6, 6.07) is 7.50. The number of hydrogen-bond donors (Lipinski definition) is 1. The van der Waals surface area contributed by atoms with E-state index >= 15 is 0 Å². The fourth-order valence-corrected chi connectivity index (χ4v) is 1.82. The average molecular weight is 291 g/mol. The number of rotatable bonds is 4. The zero-order chi connectivity index (χ0) is 11.3. The zero-order valence-corrected chi connectivity index (χ0v) is 10.8. The van der Waals surface area contributed by atoms with Crippen molar-refractivity contribution in [1.82, 2.24) is 5.32 Å². The van der Waals surface area contributed by atoms with Gasteiger partial charge in [-0.1, -0.05) is 39.7 Å². The third-order valence-corrected chi connectivity index (χ3v) is 2.68. The van der Waals surface area contributed by atoms with Crippen LogP contribution in [0.5, 0.6) is 0 Å². The van der Waals surface area contributed by atoms with Crippen LogP contribution in [0.15, 0.2) is 24.3 Å². The largest absolute Gasteiger partial charge is 0.350 e. The molecule has 82 valence electrons. The highest BCUT2D eigenvalue weighted by molar-refractivity contribution is 9.09. The molecule has 0 saturated carbocycles. The first kappa shape index (κ1) is 12.5. The summed E-state index contributed by atoms with van der Waals surface area (Å²) in [7, 11) is 0. The minimum absolute atomic E-state index is 0.00440. The first-order valence-electron chi connectivity index (χ1n) is 4.74. The molecule has 0 spiro atoms. The Kier molecular flexibility index (Phi) is 5.12. The third-order valence-electron chi connectivity index (χ3n) is 2.05. The lowest BCUT2D eigenvalue weighted by molar-refractivity contribution is -0.121. The van der Waals surface area contributed by atoms with Gasteiger partial charge in [-0.25, -0.2) is 0 Å². The van der Waals surface area contributed by atoms with Gasteiger partial charge in [-0.15, -0.1) is 0 Å². The lowest BCUT2D eigenvalue weighted by Crippen LogP contribution is -2.26. The average Bonchev–Trinajstić information content (AvgIpc) is 2.18. The Labute approximate surface area is 103 Å². The Bertz CT molecular complexity index is 343. The number of carbonyl (C=O) groups excluding carboxylic acids is 1. The van der Waals surface area contributed by atoms with Crippen molar-refractivity contribution in [3.05, 3.63) is 34.9 Å². The van der Waals surface area contributed by atoms with Crippen molar-refractivity contribution < 1.29 is 4.79 Å². The second-order valence-electron chi connectivity index (χ2n) is 3.28. The number of nitrogens with one attached hydrogen (secondary N) is 1. The van der Waals surface area contributed by atoms with Crippen molar-refractivity contribution >= 4 is 33.4 Å². The van der Waals surface area contributed by atoms with Gasteiger partial charge in [0.05, 0.1) is 6.04 Å². The topological polar surface area (TPSA) is 29.1 Å².